The largest absolute Gasteiger partial charge is 0.483 e. The van der Waals surface area contributed by atoms with Crippen molar-refractivity contribution in [3.63, 3.8) is 0 Å². The SMILES string of the molecule is Cc1ccc(OCC(=O)Nc2cccc(-c3nc4ncccc4o3)c2C)c(C)c1. The summed E-state index contributed by atoms with van der Waals surface area (Å²) in [4.78, 5) is 21.1. The number of pyridine rings is 1. The van der Waals surface area contributed by atoms with Crippen LogP contribution in [-0.4, -0.2) is 22.5 Å². The van der Waals surface area contributed by atoms with Crippen LogP contribution in [0.3, 0.4) is 0 Å². The number of aromatic nitrogens is 2. The molecule has 29 heavy (non-hydrogen) atoms. The Bertz CT molecular complexity index is 1160. The summed E-state index contributed by atoms with van der Waals surface area (Å²) >= 11 is 0. The molecule has 6 heteroatoms. The molecule has 1 amide bonds. The van der Waals surface area contributed by atoms with Gasteiger partial charge in [-0.3, -0.25) is 4.79 Å². The molecule has 4 rings (SSSR count). The first-order chi connectivity index (χ1) is 14.0. The Balaban J connectivity index is 1.50. The number of ether oxygens (including phenoxy) is 1. The summed E-state index contributed by atoms with van der Waals surface area (Å²) < 4.78 is 11.5. The fourth-order valence-electron chi connectivity index (χ4n) is 3.18. The number of anilines is 1. The van der Waals surface area contributed by atoms with Gasteiger partial charge in [-0.05, 0) is 62.2 Å². The van der Waals surface area contributed by atoms with Gasteiger partial charge in [-0.25, -0.2) is 4.98 Å². The van der Waals surface area contributed by atoms with E-state index in [-0.39, 0.29) is 12.5 Å². The molecule has 2 aromatic carbocycles. The maximum atomic E-state index is 12.4. The van der Waals surface area contributed by atoms with Gasteiger partial charge in [-0.1, -0.05) is 23.8 Å². The van der Waals surface area contributed by atoms with Gasteiger partial charge in [0, 0.05) is 17.4 Å². The zero-order valence-corrected chi connectivity index (χ0v) is 16.5. The molecule has 0 radical (unpaired) electrons. The predicted molar refractivity (Wildman–Crippen MR) is 112 cm³/mol. The van der Waals surface area contributed by atoms with E-state index in [0.29, 0.717) is 28.6 Å². The zero-order chi connectivity index (χ0) is 20.4. The average Bonchev–Trinajstić information content (AvgIpc) is 3.13. The third kappa shape index (κ3) is 3.96. The second-order valence-electron chi connectivity index (χ2n) is 6.93. The Morgan fingerprint density at radius 2 is 1.97 bits per heavy atom. The maximum Gasteiger partial charge on any atom is 0.262 e. The zero-order valence-electron chi connectivity index (χ0n) is 16.5. The molecule has 146 valence electrons. The summed E-state index contributed by atoms with van der Waals surface area (Å²) in [6.07, 6.45) is 1.67. The van der Waals surface area contributed by atoms with Crippen molar-refractivity contribution < 1.29 is 13.9 Å². The van der Waals surface area contributed by atoms with E-state index in [1.54, 1.807) is 12.3 Å². The molecule has 2 heterocycles. The van der Waals surface area contributed by atoms with Crippen LogP contribution >= 0.6 is 0 Å². The van der Waals surface area contributed by atoms with Gasteiger partial charge in [0.1, 0.15) is 5.75 Å². The average molecular weight is 387 g/mol. The van der Waals surface area contributed by atoms with E-state index >= 15 is 0 Å². The number of oxazole rings is 1. The third-order valence-corrected chi connectivity index (χ3v) is 4.69. The van der Waals surface area contributed by atoms with Gasteiger partial charge >= 0.3 is 0 Å². The van der Waals surface area contributed by atoms with E-state index in [2.05, 4.69) is 15.3 Å². The molecule has 4 aromatic rings. The molecule has 0 bridgehead atoms. The highest BCUT2D eigenvalue weighted by Crippen LogP contribution is 2.30. The first-order valence-corrected chi connectivity index (χ1v) is 9.33. The molecule has 0 atom stereocenters. The molecule has 0 saturated carbocycles. The molecule has 0 saturated heterocycles. The molecule has 0 unspecified atom stereocenters. The van der Waals surface area contributed by atoms with E-state index in [9.17, 15) is 4.79 Å². The molecule has 2 aromatic heterocycles. The van der Waals surface area contributed by atoms with Crippen molar-refractivity contribution in [1.29, 1.82) is 0 Å². The number of hydrogen-bond donors (Lipinski definition) is 1. The second-order valence-corrected chi connectivity index (χ2v) is 6.93. The summed E-state index contributed by atoms with van der Waals surface area (Å²) in [6, 6.07) is 15.1. The second kappa shape index (κ2) is 7.75. The number of hydrogen-bond acceptors (Lipinski definition) is 5. The number of nitrogens with one attached hydrogen (secondary N) is 1. The van der Waals surface area contributed by atoms with Crippen LogP contribution < -0.4 is 10.1 Å². The van der Waals surface area contributed by atoms with Crippen LogP contribution in [0.5, 0.6) is 5.75 Å². The number of fused-ring (bicyclic) bond motifs is 1. The van der Waals surface area contributed by atoms with Crippen molar-refractivity contribution >= 4 is 22.8 Å². The van der Waals surface area contributed by atoms with Crippen molar-refractivity contribution in [2.24, 2.45) is 0 Å². The van der Waals surface area contributed by atoms with Crippen LogP contribution in [0.25, 0.3) is 22.7 Å². The summed E-state index contributed by atoms with van der Waals surface area (Å²) in [7, 11) is 0. The van der Waals surface area contributed by atoms with Crippen LogP contribution in [0.2, 0.25) is 0 Å². The molecular formula is C23H21N3O3. The number of carbonyl (C=O) groups is 1. The molecular weight excluding hydrogens is 366 g/mol. The van der Waals surface area contributed by atoms with Crippen LogP contribution in [0.15, 0.2) is 59.1 Å². The summed E-state index contributed by atoms with van der Waals surface area (Å²) in [5.41, 5.74) is 5.68. The van der Waals surface area contributed by atoms with Gasteiger partial charge in [-0.15, -0.1) is 0 Å². The number of rotatable bonds is 5. The minimum absolute atomic E-state index is 0.0691. The van der Waals surface area contributed by atoms with Crippen molar-refractivity contribution in [2.45, 2.75) is 20.8 Å². The minimum Gasteiger partial charge on any atom is -0.483 e. The lowest BCUT2D eigenvalue weighted by Gasteiger charge is -2.12. The number of aryl methyl sites for hydroxylation is 2. The maximum absolute atomic E-state index is 12.4. The predicted octanol–water partition coefficient (Wildman–Crippen LogP) is 4.83. The van der Waals surface area contributed by atoms with Crippen LogP contribution in [0.4, 0.5) is 5.69 Å². The molecule has 1 N–H and O–H groups in total. The minimum atomic E-state index is -0.232. The molecule has 0 fully saturated rings. The Morgan fingerprint density at radius 1 is 1.10 bits per heavy atom. The molecule has 0 aliphatic heterocycles. The van der Waals surface area contributed by atoms with Gasteiger partial charge in [0.2, 0.25) is 5.89 Å². The topological polar surface area (TPSA) is 77.2 Å². The van der Waals surface area contributed by atoms with Crippen molar-refractivity contribution in [3.05, 3.63) is 71.4 Å². The van der Waals surface area contributed by atoms with Crippen molar-refractivity contribution in [1.82, 2.24) is 9.97 Å². The van der Waals surface area contributed by atoms with Gasteiger partial charge in [-0.2, -0.15) is 4.98 Å². The summed E-state index contributed by atoms with van der Waals surface area (Å²) in [6.45, 7) is 5.83. The normalized spacial score (nSPS) is 10.9. The van der Waals surface area contributed by atoms with Gasteiger partial charge in [0.25, 0.3) is 5.91 Å². The lowest BCUT2D eigenvalue weighted by Crippen LogP contribution is -2.21. The highest BCUT2D eigenvalue weighted by Gasteiger charge is 2.15. The first-order valence-electron chi connectivity index (χ1n) is 9.33. The van der Waals surface area contributed by atoms with E-state index in [1.165, 1.54) is 0 Å². The molecule has 0 aliphatic rings. The highest BCUT2D eigenvalue weighted by molar-refractivity contribution is 5.93. The van der Waals surface area contributed by atoms with E-state index in [0.717, 1.165) is 22.3 Å². The fourth-order valence-corrected chi connectivity index (χ4v) is 3.18. The lowest BCUT2D eigenvalue weighted by atomic mass is 10.1. The van der Waals surface area contributed by atoms with Crippen molar-refractivity contribution in [2.75, 3.05) is 11.9 Å². The monoisotopic (exact) mass is 387 g/mol. The Morgan fingerprint density at radius 3 is 2.76 bits per heavy atom. The van der Waals surface area contributed by atoms with E-state index in [1.807, 2.05) is 63.2 Å². The molecule has 0 aliphatic carbocycles. The Kier molecular flexibility index (Phi) is 4.99. The standard InChI is InChI=1S/C23H21N3O3/c1-14-9-10-19(15(2)12-14)28-13-21(27)25-18-7-4-6-17(16(18)3)23-26-22-20(29-23)8-5-11-24-22/h4-12H,13H2,1-3H3,(H,25,27). The van der Waals surface area contributed by atoms with Gasteiger partial charge in [0.05, 0.1) is 0 Å². The summed E-state index contributed by atoms with van der Waals surface area (Å²) in [5.74, 6) is 0.943. The number of carbonyl (C=O) groups excluding carboxylic acids is 1. The van der Waals surface area contributed by atoms with Crippen LogP contribution in [0.1, 0.15) is 16.7 Å². The quantitative estimate of drug-likeness (QED) is 0.531. The Labute approximate surface area is 168 Å². The number of nitrogens with zero attached hydrogens (tertiary/aromatic N) is 2. The third-order valence-electron chi connectivity index (χ3n) is 4.69. The fraction of sp³-hybridized carbons (Fsp3) is 0.174. The molecule has 6 nitrogen and oxygen atoms in total. The van der Waals surface area contributed by atoms with E-state index in [4.69, 9.17) is 9.15 Å². The number of benzene rings is 2. The van der Waals surface area contributed by atoms with E-state index < -0.39 is 0 Å². The van der Waals surface area contributed by atoms with Gasteiger partial charge < -0.3 is 14.5 Å². The van der Waals surface area contributed by atoms with Crippen LogP contribution in [-0.2, 0) is 4.79 Å². The summed E-state index contributed by atoms with van der Waals surface area (Å²) in [5, 5.41) is 2.91. The van der Waals surface area contributed by atoms with Crippen molar-refractivity contribution in [3.8, 4) is 17.2 Å². The molecule has 0 spiro atoms. The van der Waals surface area contributed by atoms with Crippen LogP contribution in [0, 0.1) is 20.8 Å². The Hall–Kier alpha value is -3.67. The first kappa shape index (κ1) is 18.7. The highest BCUT2D eigenvalue weighted by atomic mass is 16.5. The van der Waals surface area contributed by atoms with Gasteiger partial charge in [0.15, 0.2) is 17.8 Å². The number of amides is 1. The smallest absolute Gasteiger partial charge is 0.262 e. The lowest BCUT2D eigenvalue weighted by molar-refractivity contribution is -0.118.